The fourth-order valence-corrected chi connectivity index (χ4v) is 3.94. The van der Waals surface area contributed by atoms with Crippen LogP contribution in [0.15, 0.2) is 58.1 Å². The van der Waals surface area contributed by atoms with Crippen molar-refractivity contribution in [3.63, 3.8) is 0 Å². The summed E-state index contributed by atoms with van der Waals surface area (Å²) >= 11 is 11.0. The number of carbonyl (C=O) groups excluding carboxylic acids is 1. The molecule has 3 aromatic rings. The largest absolute Gasteiger partial charge is 0.271 e. The number of nitrogens with one attached hydrogen (secondary N) is 1. The molecule has 0 fully saturated rings. The van der Waals surface area contributed by atoms with Gasteiger partial charge in [-0.25, -0.2) is 5.43 Å². The number of hydrazone groups is 1. The Labute approximate surface area is 144 Å². The summed E-state index contributed by atoms with van der Waals surface area (Å²) in [6, 6.07) is 14.8. The average molecular weight is 394 g/mol. The van der Waals surface area contributed by atoms with Crippen LogP contribution in [0.3, 0.4) is 0 Å². The van der Waals surface area contributed by atoms with E-state index in [-0.39, 0.29) is 5.91 Å². The summed E-state index contributed by atoms with van der Waals surface area (Å²) in [7, 11) is 0. The molecule has 0 aliphatic heterocycles. The highest BCUT2D eigenvalue weighted by molar-refractivity contribution is 9.10. The monoisotopic (exact) mass is 392 g/mol. The van der Waals surface area contributed by atoms with Crippen molar-refractivity contribution in [3.05, 3.63) is 68.5 Å². The van der Waals surface area contributed by atoms with Gasteiger partial charge in [-0.3, -0.25) is 4.79 Å². The molecule has 0 bridgehead atoms. The van der Waals surface area contributed by atoms with Gasteiger partial charge in [0.15, 0.2) is 0 Å². The van der Waals surface area contributed by atoms with Gasteiger partial charge in [0, 0.05) is 25.1 Å². The van der Waals surface area contributed by atoms with Gasteiger partial charge >= 0.3 is 0 Å². The molecule has 1 heterocycles. The highest BCUT2D eigenvalue weighted by Gasteiger charge is 2.08. The molecule has 1 N–H and O–H groups in total. The lowest BCUT2D eigenvalue weighted by atomic mass is 10.2. The van der Waals surface area contributed by atoms with Gasteiger partial charge in [-0.05, 0) is 40.2 Å². The van der Waals surface area contributed by atoms with Gasteiger partial charge in [0.2, 0.25) is 0 Å². The Hall–Kier alpha value is -1.69. The zero-order valence-electron chi connectivity index (χ0n) is 11.2. The highest BCUT2D eigenvalue weighted by atomic mass is 79.9. The van der Waals surface area contributed by atoms with Crippen LogP contribution >= 0.6 is 38.9 Å². The van der Waals surface area contributed by atoms with Gasteiger partial charge in [-0.1, -0.05) is 35.9 Å². The van der Waals surface area contributed by atoms with Crippen molar-refractivity contribution < 1.29 is 4.79 Å². The summed E-state index contributed by atoms with van der Waals surface area (Å²) in [4.78, 5) is 12.9. The molecule has 0 unspecified atom stereocenters. The van der Waals surface area contributed by atoms with E-state index >= 15 is 0 Å². The smallest absolute Gasteiger partial charge is 0.267 e. The summed E-state index contributed by atoms with van der Waals surface area (Å²) in [6.07, 6.45) is 1.64. The molecule has 0 radical (unpaired) electrons. The van der Waals surface area contributed by atoms with Crippen LogP contribution in [0.4, 0.5) is 0 Å². The number of fused-ring (bicyclic) bond motifs is 1. The fourth-order valence-electron chi connectivity index (χ4n) is 1.96. The Morgan fingerprint density at radius 2 is 2.05 bits per heavy atom. The van der Waals surface area contributed by atoms with Crippen molar-refractivity contribution in [3.8, 4) is 0 Å². The van der Waals surface area contributed by atoms with Crippen molar-refractivity contribution in [2.24, 2.45) is 5.10 Å². The third-order valence-corrected chi connectivity index (χ3v) is 5.45. The van der Waals surface area contributed by atoms with Crippen molar-refractivity contribution in [2.45, 2.75) is 0 Å². The van der Waals surface area contributed by atoms with Gasteiger partial charge in [-0.15, -0.1) is 11.3 Å². The molecule has 22 heavy (non-hydrogen) atoms. The molecule has 0 saturated heterocycles. The van der Waals surface area contributed by atoms with Crippen molar-refractivity contribution in [2.75, 3.05) is 0 Å². The number of carbonyl (C=O) groups is 1. The highest BCUT2D eigenvalue weighted by Crippen LogP contribution is 2.34. The van der Waals surface area contributed by atoms with Crippen molar-refractivity contribution in [1.82, 2.24) is 5.43 Å². The maximum Gasteiger partial charge on any atom is 0.271 e. The van der Waals surface area contributed by atoms with E-state index in [0.717, 1.165) is 19.4 Å². The van der Waals surface area contributed by atoms with Gasteiger partial charge in [0.1, 0.15) is 0 Å². The van der Waals surface area contributed by atoms with E-state index in [2.05, 4.69) is 26.5 Å². The Morgan fingerprint density at radius 3 is 2.82 bits per heavy atom. The van der Waals surface area contributed by atoms with E-state index in [1.807, 2.05) is 24.3 Å². The number of halogens is 2. The average Bonchev–Trinajstić information content (AvgIpc) is 2.84. The van der Waals surface area contributed by atoms with Crippen LogP contribution in [0.5, 0.6) is 0 Å². The molecule has 0 aliphatic rings. The minimum absolute atomic E-state index is 0.295. The molecule has 1 amide bonds. The van der Waals surface area contributed by atoms with E-state index in [4.69, 9.17) is 11.6 Å². The van der Waals surface area contributed by atoms with Crippen LogP contribution in [-0.2, 0) is 0 Å². The van der Waals surface area contributed by atoms with Crippen LogP contribution < -0.4 is 5.43 Å². The normalized spacial score (nSPS) is 11.2. The Bertz CT molecular complexity index is 875. The standard InChI is InChI=1S/C16H10BrClN2OS/c17-15-12-6-1-2-7-13(12)22-14(15)9-19-20-16(21)10-4-3-5-11(18)8-10/h1-9H,(H,20,21). The second kappa shape index (κ2) is 6.60. The van der Waals surface area contributed by atoms with E-state index < -0.39 is 0 Å². The summed E-state index contributed by atoms with van der Waals surface area (Å²) in [5, 5.41) is 5.67. The topological polar surface area (TPSA) is 41.5 Å². The summed E-state index contributed by atoms with van der Waals surface area (Å²) in [6.45, 7) is 0. The van der Waals surface area contributed by atoms with Crippen molar-refractivity contribution >= 4 is 61.1 Å². The first kappa shape index (κ1) is 15.2. The number of hydrogen-bond donors (Lipinski definition) is 1. The zero-order valence-corrected chi connectivity index (χ0v) is 14.4. The quantitative estimate of drug-likeness (QED) is 0.489. The lowest BCUT2D eigenvalue weighted by Crippen LogP contribution is -2.17. The van der Waals surface area contributed by atoms with Gasteiger partial charge < -0.3 is 0 Å². The van der Waals surface area contributed by atoms with Gasteiger partial charge in [-0.2, -0.15) is 5.10 Å². The molecule has 0 atom stereocenters. The lowest BCUT2D eigenvalue weighted by Gasteiger charge is -1.99. The van der Waals surface area contributed by atoms with E-state index in [1.54, 1.807) is 41.8 Å². The number of benzene rings is 2. The number of amides is 1. The van der Waals surface area contributed by atoms with Crippen LogP contribution in [0, 0.1) is 0 Å². The first-order valence-electron chi connectivity index (χ1n) is 6.41. The second-order valence-corrected chi connectivity index (χ2v) is 6.80. The first-order valence-corrected chi connectivity index (χ1v) is 8.40. The van der Waals surface area contributed by atoms with E-state index in [0.29, 0.717) is 10.6 Å². The SMILES string of the molecule is O=C(NN=Cc1sc2ccccc2c1Br)c1cccc(Cl)c1. The van der Waals surface area contributed by atoms with E-state index in [1.165, 1.54) is 0 Å². The summed E-state index contributed by atoms with van der Waals surface area (Å²) in [5.41, 5.74) is 2.98. The molecule has 0 saturated carbocycles. The number of hydrogen-bond acceptors (Lipinski definition) is 3. The molecule has 110 valence electrons. The minimum Gasteiger partial charge on any atom is -0.267 e. The van der Waals surface area contributed by atoms with Crippen LogP contribution in [0.25, 0.3) is 10.1 Å². The maximum atomic E-state index is 12.0. The zero-order chi connectivity index (χ0) is 15.5. The molecule has 0 aliphatic carbocycles. The fraction of sp³-hybridized carbons (Fsp3) is 0. The minimum atomic E-state index is -0.295. The van der Waals surface area contributed by atoms with Gasteiger partial charge in [0.05, 0.1) is 11.1 Å². The molecule has 3 rings (SSSR count). The molecule has 0 spiro atoms. The molecule has 3 nitrogen and oxygen atoms in total. The number of rotatable bonds is 3. The summed E-state index contributed by atoms with van der Waals surface area (Å²) < 4.78 is 2.14. The number of thiophene rings is 1. The van der Waals surface area contributed by atoms with Crippen LogP contribution in [-0.4, -0.2) is 12.1 Å². The van der Waals surface area contributed by atoms with Gasteiger partial charge in [0.25, 0.3) is 5.91 Å². The predicted octanol–water partition coefficient (Wildman–Crippen LogP) is 5.08. The predicted molar refractivity (Wildman–Crippen MR) is 96.0 cm³/mol. The first-order chi connectivity index (χ1) is 10.6. The number of nitrogens with zero attached hydrogens (tertiary/aromatic N) is 1. The molecular formula is C16H10BrClN2OS. The molecule has 6 heteroatoms. The van der Waals surface area contributed by atoms with Crippen LogP contribution in [0.1, 0.15) is 15.2 Å². The van der Waals surface area contributed by atoms with E-state index in [9.17, 15) is 4.79 Å². The third-order valence-electron chi connectivity index (χ3n) is 2.99. The Morgan fingerprint density at radius 1 is 1.23 bits per heavy atom. The molecule has 1 aromatic heterocycles. The Balaban J connectivity index is 1.76. The maximum absolute atomic E-state index is 12.0. The molecule has 2 aromatic carbocycles. The second-order valence-electron chi connectivity index (χ2n) is 4.49. The third kappa shape index (κ3) is 3.21. The lowest BCUT2D eigenvalue weighted by molar-refractivity contribution is 0.0955. The molecular weight excluding hydrogens is 384 g/mol. The van der Waals surface area contributed by atoms with Crippen molar-refractivity contribution in [1.29, 1.82) is 0 Å². The summed E-state index contributed by atoms with van der Waals surface area (Å²) in [5.74, 6) is -0.295. The Kier molecular flexibility index (Phi) is 4.57. The van der Waals surface area contributed by atoms with Crippen LogP contribution in [0.2, 0.25) is 5.02 Å².